The van der Waals surface area contributed by atoms with E-state index in [1.165, 1.54) is 18.3 Å². The number of benzene rings is 1. The van der Waals surface area contributed by atoms with Crippen LogP contribution in [0, 0.1) is 11.3 Å². The maximum absolute atomic E-state index is 12.0. The summed E-state index contributed by atoms with van der Waals surface area (Å²) in [5.74, 6) is -0.368. The lowest BCUT2D eigenvalue weighted by atomic mass is 10.2. The number of hydrogen-bond donors (Lipinski definition) is 1. The predicted molar refractivity (Wildman–Crippen MR) is 76.1 cm³/mol. The van der Waals surface area contributed by atoms with E-state index in [1.807, 2.05) is 6.07 Å². The van der Waals surface area contributed by atoms with E-state index < -0.39 is 0 Å². The number of anilines is 1. The molecule has 0 unspecified atom stereocenters. The Kier molecular flexibility index (Phi) is 4.15. The molecule has 1 heterocycles. The predicted octanol–water partition coefficient (Wildman–Crippen LogP) is 3.62. The summed E-state index contributed by atoms with van der Waals surface area (Å²) < 4.78 is 0.610. The van der Waals surface area contributed by atoms with Gasteiger partial charge >= 0.3 is 0 Å². The number of rotatable bonds is 2. The van der Waals surface area contributed by atoms with Crippen LogP contribution in [0.1, 0.15) is 16.1 Å². The van der Waals surface area contributed by atoms with E-state index in [1.54, 1.807) is 18.2 Å². The number of carbonyl (C=O) groups excluding carboxylic acids is 1. The van der Waals surface area contributed by atoms with E-state index >= 15 is 0 Å². The molecule has 0 aliphatic carbocycles. The molecule has 0 spiro atoms. The van der Waals surface area contributed by atoms with Crippen molar-refractivity contribution in [3.63, 3.8) is 0 Å². The largest absolute Gasteiger partial charge is 0.320 e. The van der Waals surface area contributed by atoms with Crippen LogP contribution in [0.25, 0.3) is 0 Å². The van der Waals surface area contributed by atoms with Gasteiger partial charge in [-0.25, -0.2) is 4.98 Å². The van der Waals surface area contributed by atoms with E-state index in [0.717, 1.165) is 0 Å². The molecule has 0 radical (unpaired) electrons. The summed E-state index contributed by atoms with van der Waals surface area (Å²) in [6, 6.07) is 10.1. The Labute approximate surface area is 123 Å². The molecule has 4 nitrogen and oxygen atoms in total. The van der Waals surface area contributed by atoms with Crippen LogP contribution in [0.5, 0.6) is 0 Å². The first kappa shape index (κ1) is 13.5. The molecule has 1 amide bonds. The molecule has 0 bridgehead atoms. The first-order chi connectivity index (χ1) is 9.11. The summed E-state index contributed by atoms with van der Waals surface area (Å²) in [6.45, 7) is 0. The Bertz CT molecular complexity index is 665. The van der Waals surface area contributed by atoms with Crippen molar-refractivity contribution in [1.82, 2.24) is 4.98 Å². The molecule has 6 heteroatoms. The highest BCUT2D eigenvalue weighted by molar-refractivity contribution is 9.10. The third-order valence-electron chi connectivity index (χ3n) is 2.33. The van der Waals surface area contributed by atoms with Gasteiger partial charge in [-0.15, -0.1) is 0 Å². The zero-order valence-electron chi connectivity index (χ0n) is 9.52. The van der Waals surface area contributed by atoms with Crippen LogP contribution >= 0.6 is 27.5 Å². The highest BCUT2D eigenvalue weighted by Gasteiger charge is 2.10. The van der Waals surface area contributed by atoms with Crippen molar-refractivity contribution in [2.45, 2.75) is 0 Å². The maximum atomic E-state index is 12.0. The lowest BCUT2D eigenvalue weighted by Crippen LogP contribution is -2.13. The van der Waals surface area contributed by atoms with Crippen LogP contribution in [0.3, 0.4) is 0 Å². The number of hydrogen-bond acceptors (Lipinski definition) is 3. The van der Waals surface area contributed by atoms with Crippen molar-refractivity contribution in [2.24, 2.45) is 0 Å². The van der Waals surface area contributed by atoms with Gasteiger partial charge in [0.2, 0.25) is 0 Å². The number of nitrogens with one attached hydrogen (secondary N) is 1. The van der Waals surface area contributed by atoms with E-state index in [0.29, 0.717) is 20.7 Å². The van der Waals surface area contributed by atoms with Crippen LogP contribution in [-0.2, 0) is 0 Å². The number of halogens is 2. The van der Waals surface area contributed by atoms with Gasteiger partial charge in [0.05, 0.1) is 20.7 Å². The minimum absolute atomic E-state index is 0.228. The zero-order chi connectivity index (χ0) is 13.8. The fourth-order valence-electron chi connectivity index (χ4n) is 1.38. The van der Waals surface area contributed by atoms with Gasteiger partial charge in [-0.2, -0.15) is 5.26 Å². The quantitative estimate of drug-likeness (QED) is 0.911. The molecular formula is C13H7BrClN3O. The average molecular weight is 337 g/mol. The minimum Gasteiger partial charge on any atom is -0.320 e. The number of carbonyl (C=O) groups is 1. The Morgan fingerprint density at radius 1 is 1.37 bits per heavy atom. The number of pyridine rings is 1. The third kappa shape index (κ3) is 3.11. The lowest BCUT2D eigenvalue weighted by Gasteiger charge is -2.07. The summed E-state index contributed by atoms with van der Waals surface area (Å²) in [6.07, 6.45) is 1.35. The van der Waals surface area contributed by atoms with Crippen LogP contribution in [-0.4, -0.2) is 10.9 Å². The molecule has 0 fully saturated rings. The lowest BCUT2D eigenvalue weighted by molar-refractivity contribution is 0.102. The van der Waals surface area contributed by atoms with Gasteiger partial charge < -0.3 is 5.32 Å². The zero-order valence-corrected chi connectivity index (χ0v) is 11.9. The van der Waals surface area contributed by atoms with Gasteiger partial charge in [0.25, 0.3) is 5.91 Å². The highest BCUT2D eigenvalue weighted by Crippen LogP contribution is 2.30. The second-order valence-electron chi connectivity index (χ2n) is 3.60. The Hall–Kier alpha value is -1.90. The van der Waals surface area contributed by atoms with Crippen molar-refractivity contribution in [2.75, 3.05) is 5.32 Å². The van der Waals surface area contributed by atoms with Crippen LogP contribution < -0.4 is 5.32 Å². The summed E-state index contributed by atoms with van der Waals surface area (Å²) >= 11 is 9.23. The minimum atomic E-state index is -0.368. The van der Waals surface area contributed by atoms with E-state index in [9.17, 15) is 4.79 Å². The normalized spacial score (nSPS) is 9.74. The van der Waals surface area contributed by atoms with Gasteiger partial charge in [-0.3, -0.25) is 4.79 Å². The van der Waals surface area contributed by atoms with Crippen molar-refractivity contribution in [3.8, 4) is 6.07 Å². The van der Waals surface area contributed by atoms with Crippen LogP contribution in [0.4, 0.5) is 5.69 Å². The number of nitrogens with zero attached hydrogens (tertiary/aromatic N) is 2. The van der Waals surface area contributed by atoms with E-state index in [2.05, 4.69) is 26.2 Å². The molecule has 0 aliphatic rings. The van der Waals surface area contributed by atoms with Crippen molar-refractivity contribution >= 4 is 39.1 Å². The number of nitriles is 1. The second-order valence-corrected chi connectivity index (χ2v) is 4.80. The summed E-state index contributed by atoms with van der Waals surface area (Å²) in [5.41, 5.74) is 1.19. The van der Waals surface area contributed by atoms with Crippen molar-refractivity contribution in [3.05, 3.63) is 57.3 Å². The van der Waals surface area contributed by atoms with Gasteiger partial charge in [-0.05, 0) is 40.2 Å². The topological polar surface area (TPSA) is 65.8 Å². The smallest absolute Gasteiger partial charge is 0.274 e. The Morgan fingerprint density at radius 3 is 2.79 bits per heavy atom. The van der Waals surface area contributed by atoms with E-state index in [4.69, 9.17) is 16.9 Å². The summed E-state index contributed by atoms with van der Waals surface area (Å²) in [4.78, 5) is 15.9. The van der Waals surface area contributed by atoms with Crippen molar-refractivity contribution < 1.29 is 4.79 Å². The molecule has 19 heavy (non-hydrogen) atoms. The van der Waals surface area contributed by atoms with Gasteiger partial charge in [-0.1, -0.05) is 17.7 Å². The van der Waals surface area contributed by atoms with Gasteiger partial charge in [0.1, 0.15) is 11.8 Å². The highest BCUT2D eigenvalue weighted by atomic mass is 79.9. The molecular weight excluding hydrogens is 330 g/mol. The summed E-state index contributed by atoms with van der Waals surface area (Å²) in [5, 5.41) is 11.9. The molecule has 2 rings (SSSR count). The third-order valence-corrected chi connectivity index (χ3v) is 3.72. The number of amides is 1. The molecule has 1 aromatic heterocycles. The standard InChI is InChI=1S/C13H7BrClN3O/c14-12-9(15)2-1-3-10(12)18-13(19)11-5-4-8(6-16)7-17-11/h1-5,7H,(H,18,19). The summed E-state index contributed by atoms with van der Waals surface area (Å²) in [7, 11) is 0. The fraction of sp³-hybridized carbons (Fsp3) is 0. The SMILES string of the molecule is N#Cc1ccc(C(=O)Nc2cccc(Cl)c2Br)nc1. The molecule has 2 aromatic rings. The maximum Gasteiger partial charge on any atom is 0.274 e. The van der Waals surface area contributed by atoms with E-state index in [-0.39, 0.29) is 11.6 Å². The van der Waals surface area contributed by atoms with Crippen molar-refractivity contribution in [1.29, 1.82) is 5.26 Å². The molecule has 94 valence electrons. The van der Waals surface area contributed by atoms with Gasteiger partial charge in [0, 0.05) is 6.20 Å². The second kappa shape index (κ2) is 5.83. The van der Waals surface area contributed by atoms with Gasteiger partial charge in [0.15, 0.2) is 0 Å². The fourth-order valence-corrected chi connectivity index (χ4v) is 1.92. The molecule has 0 atom stereocenters. The Balaban J connectivity index is 2.21. The molecule has 0 aliphatic heterocycles. The average Bonchev–Trinajstić information content (AvgIpc) is 2.44. The molecule has 1 aromatic carbocycles. The van der Waals surface area contributed by atoms with Crippen LogP contribution in [0.15, 0.2) is 41.0 Å². The molecule has 0 saturated carbocycles. The Morgan fingerprint density at radius 2 is 2.16 bits per heavy atom. The molecule has 1 N–H and O–H groups in total. The van der Waals surface area contributed by atoms with Crippen LogP contribution in [0.2, 0.25) is 5.02 Å². The first-order valence-electron chi connectivity index (χ1n) is 5.23. The first-order valence-corrected chi connectivity index (χ1v) is 6.40. The monoisotopic (exact) mass is 335 g/mol. The molecule has 0 saturated heterocycles. The number of aromatic nitrogens is 1.